The Morgan fingerprint density at radius 1 is 0.377 bits per heavy atom. The van der Waals surface area contributed by atoms with Crippen LogP contribution >= 0.6 is 0 Å². The summed E-state index contributed by atoms with van der Waals surface area (Å²) in [5.41, 5.74) is 0. The van der Waals surface area contributed by atoms with E-state index in [-0.39, 0.29) is 111 Å². The van der Waals surface area contributed by atoms with Crippen LogP contribution in [0.2, 0.25) is 0 Å². The van der Waals surface area contributed by atoms with Crippen LogP contribution < -0.4 is 69.3 Å². The number of esters is 6. The summed E-state index contributed by atoms with van der Waals surface area (Å²) in [5.74, 6) is -8.16. The molecule has 0 saturated carbocycles. The third-order valence-corrected chi connectivity index (χ3v) is 7.12. The van der Waals surface area contributed by atoms with E-state index in [0.29, 0.717) is 6.42 Å². The zero-order valence-corrected chi connectivity index (χ0v) is 35.8. The van der Waals surface area contributed by atoms with Gasteiger partial charge in [0.1, 0.15) is 0 Å². The Hall–Kier alpha value is -2.24. The van der Waals surface area contributed by atoms with Gasteiger partial charge in [0.25, 0.3) is 0 Å². The summed E-state index contributed by atoms with van der Waals surface area (Å²) in [7, 11) is 0. The first-order valence-corrected chi connectivity index (χ1v) is 17.9. The summed E-state index contributed by atoms with van der Waals surface area (Å²) in [4.78, 5) is 92.8. The molecule has 292 valence electrons. The normalized spacial score (nSPS) is 10.2. The molecule has 0 amide bonds. The van der Waals surface area contributed by atoms with E-state index in [4.69, 9.17) is 28.4 Å². The van der Waals surface area contributed by atoms with Gasteiger partial charge in [0, 0.05) is 24.8 Å². The van der Waals surface area contributed by atoms with Gasteiger partial charge in [-0.05, 0) is 32.1 Å². The van der Waals surface area contributed by atoms with Crippen LogP contribution in [0.25, 0.3) is 0 Å². The van der Waals surface area contributed by atoms with E-state index in [1.807, 2.05) is 0 Å². The number of carbonyl (C=O) groups excluding carboxylic acids is 8. The summed E-state index contributed by atoms with van der Waals surface area (Å²) in [6.45, 7) is -0.216. The van der Waals surface area contributed by atoms with Crippen molar-refractivity contribution in [1.82, 2.24) is 0 Å². The molecule has 0 spiro atoms. The molecule has 0 aliphatic heterocycles. The van der Waals surface area contributed by atoms with Gasteiger partial charge in [-0.25, -0.2) is 0 Å². The van der Waals surface area contributed by atoms with Gasteiger partial charge in [0.15, 0.2) is 0 Å². The molecule has 53 heavy (non-hydrogen) atoms. The minimum atomic E-state index is -2.12. The van der Waals surface area contributed by atoms with E-state index in [9.17, 15) is 48.6 Å². The Balaban J connectivity index is -0.0000125. The summed E-state index contributed by atoms with van der Waals surface area (Å²) < 4.78 is 29.5. The summed E-state index contributed by atoms with van der Waals surface area (Å²) in [5, 5.41) is 20.8. The minimum absolute atomic E-state index is 0. The molecule has 0 bridgehead atoms. The van der Waals surface area contributed by atoms with Gasteiger partial charge in [0.05, 0.1) is 45.5 Å². The molecule has 0 aromatic carbocycles. The average Bonchev–Trinajstić information content (AvgIpc) is 3.07. The predicted molar refractivity (Wildman–Crippen MR) is 172 cm³/mol. The first-order valence-electron chi connectivity index (χ1n) is 17.9. The van der Waals surface area contributed by atoms with Gasteiger partial charge in [-0.1, -0.05) is 77.6 Å². The second-order valence-electron chi connectivity index (χ2n) is 11.8. The molecule has 0 atom stereocenters. The molecule has 0 saturated heterocycles. The van der Waals surface area contributed by atoms with Gasteiger partial charge < -0.3 is 48.2 Å². The van der Waals surface area contributed by atoms with Crippen LogP contribution in [0, 0.1) is 0 Å². The molecule has 0 unspecified atom stereocenters. The van der Waals surface area contributed by atoms with E-state index < -0.39 is 86.3 Å². The Kier molecular flexibility index (Phi) is 39.6. The third kappa shape index (κ3) is 39.3. The molecule has 0 aromatic rings. The SMILES string of the molecule is CCCCCCCCCCCCCCOC(=O)CCC(=O)OC(OC(=O)CCCOC(=O)CCC(=O)[O-])OC(=O)CCCOC(=O)CCC(=O)[O-].[Na+].[Na+]. The van der Waals surface area contributed by atoms with Crippen LogP contribution in [-0.2, 0) is 66.8 Å². The Morgan fingerprint density at radius 3 is 1.02 bits per heavy atom. The first kappa shape index (κ1) is 55.1. The van der Waals surface area contributed by atoms with Crippen LogP contribution in [-0.4, -0.2) is 74.1 Å². The number of carboxylic acids is 2. The molecule has 18 heteroatoms. The fourth-order valence-corrected chi connectivity index (χ4v) is 4.33. The quantitative estimate of drug-likeness (QED) is 0.0208. The van der Waals surface area contributed by atoms with E-state index in [1.54, 1.807) is 0 Å². The van der Waals surface area contributed by atoms with Crippen molar-refractivity contribution in [1.29, 1.82) is 0 Å². The number of carbonyl (C=O) groups is 8. The molecule has 0 aliphatic carbocycles. The Labute approximate surface area is 356 Å². The van der Waals surface area contributed by atoms with Crippen LogP contribution in [0.3, 0.4) is 0 Å². The predicted octanol–water partition coefficient (Wildman–Crippen LogP) is -3.36. The maximum atomic E-state index is 12.4. The van der Waals surface area contributed by atoms with Crippen molar-refractivity contribution in [3.8, 4) is 0 Å². The van der Waals surface area contributed by atoms with E-state index in [2.05, 4.69) is 6.92 Å². The number of aliphatic carboxylic acids is 2. The molecule has 0 aromatic heterocycles. The van der Waals surface area contributed by atoms with E-state index in [0.717, 1.165) is 19.3 Å². The van der Waals surface area contributed by atoms with Crippen molar-refractivity contribution in [2.75, 3.05) is 19.8 Å². The molecule has 0 rings (SSSR count). The first-order chi connectivity index (χ1) is 24.4. The number of hydrogen-bond donors (Lipinski definition) is 0. The number of rotatable bonds is 33. The Bertz CT molecular complexity index is 1020. The Morgan fingerprint density at radius 2 is 0.660 bits per heavy atom. The average molecular weight is 777 g/mol. The smallest absolute Gasteiger partial charge is 0.550 e. The van der Waals surface area contributed by atoms with Crippen molar-refractivity contribution >= 4 is 47.8 Å². The van der Waals surface area contributed by atoms with E-state index in [1.165, 1.54) is 51.4 Å². The fourth-order valence-electron chi connectivity index (χ4n) is 4.33. The summed E-state index contributed by atoms with van der Waals surface area (Å²) in [6.07, 6.45) is 10.4. The topological polar surface area (TPSA) is 238 Å². The van der Waals surface area contributed by atoms with Crippen LogP contribution in [0.4, 0.5) is 0 Å². The molecular weight excluding hydrogens is 722 g/mol. The molecule has 0 fully saturated rings. The largest absolute Gasteiger partial charge is 1.00 e. The van der Waals surface area contributed by atoms with Gasteiger partial charge in [-0.2, -0.15) is 0 Å². The number of unbranched alkanes of at least 4 members (excludes halogenated alkanes) is 11. The van der Waals surface area contributed by atoms with Gasteiger partial charge in [-0.3, -0.25) is 28.8 Å². The molecule has 0 aliphatic rings. The van der Waals surface area contributed by atoms with Crippen LogP contribution in [0.15, 0.2) is 0 Å². The molecule has 0 radical (unpaired) electrons. The van der Waals surface area contributed by atoms with Crippen molar-refractivity contribution in [3.63, 3.8) is 0 Å². The monoisotopic (exact) mass is 776 g/mol. The van der Waals surface area contributed by atoms with Gasteiger partial charge in [0.2, 0.25) is 0 Å². The number of carboxylic acid groups (broad SMARTS) is 2. The summed E-state index contributed by atoms with van der Waals surface area (Å²) >= 11 is 0. The van der Waals surface area contributed by atoms with Gasteiger partial charge in [-0.15, -0.1) is 0 Å². The van der Waals surface area contributed by atoms with Crippen molar-refractivity contribution in [3.05, 3.63) is 0 Å². The fraction of sp³-hybridized carbons (Fsp3) is 0.771. The van der Waals surface area contributed by atoms with Crippen LogP contribution in [0.5, 0.6) is 0 Å². The molecule has 16 nitrogen and oxygen atoms in total. The third-order valence-electron chi connectivity index (χ3n) is 7.12. The standard InChI is InChI=1S/C35H56O16.2Na/c1-2-3-4-5-6-7-8-9-10-11-12-13-24-46-31(42)22-23-34(45)51-35(49-32(43)16-14-25-47-29(40)20-18-27(36)37)50-33(44)17-15-26-48-30(41)21-19-28(38)39;;/h35H,2-26H2,1H3,(H,36,37)(H,38,39);;/q;2*+1/p-2. The molecule has 0 N–H and O–H groups in total. The van der Waals surface area contributed by atoms with E-state index >= 15 is 0 Å². The summed E-state index contributed by atoms with van der Waals surface area (Å²) in [6, 6.07) is 0. The number of hydrogen-bond acceptors (Lipinski definition) is 16. The van der Waals surface area contributed by atoms with Crippen molar-refractivity contribution in [2.45, 2.75) is 155 Å². The zero-order valence-electron chi connectivity index (χ0n) is 31.8. The maximum absolute atomic E-state index is 12.4. The second kappa shape index (κ2) is 38.1. The minimum Gasteiger partial charge on any atom is -0.550 e. The van der Waals surface area contributed by atoms with Crippen molar-refractivity contribution in [2.24, 2.45) is 0 Å². The molecule has 0 heterocycles. The van der Waals surface area contributed by atoms with Gasteiger partial charge >= 0.3 is 101 Å². The second-order valence-corrected chi connectivity index (χ2v) is 11.8. The zero-order chi connectivity index (χ0) is 38.1. The number of ether oxygens (including phenoxy) is 6. The maximum Gasteiger partial charge on any atom is 1.00 e. The van der Waals surface area contributed by atoms with Crippen molar-refractivity contribution < 1.29 is 136 Å². The van der Waals surface area contributed by atoms with Crippen LogP contribution in [0.1, 0.15) is 148 Å². The molecular formula is C35H54Na2O16.